The van der Waals surface area contributed by atoms with E-state index in [0.29, 0.717) is 11.3 Å². The average molecular weight is 233 g/mol. The van der Waals surface area contributed by atoms with Crippen LogP contribution in [0.25, 0.3) is 0 Å². The molecule has 0 unspecified atom stereocenters. The Morgan fingerprint density at radius 3 is 2.29 bits per heavy atom. The van der Waals surface area contributed by atoms with E-state index >= 15 is 0 Å². The number of carbonyl (C=O) groups is 2. The summed E-state index contributed by atoms with van der Waals surface area (Å²) in [6.45, 7) is 5.04. The number of carbonyl (C=O) groups excluding carboxylic acids is 2. The molecule has 0 N–H and O–H groups in total. The number of benzene rings is 1. The van der Waals surface area contributed by atoms with E-state index in [2.05, 4.69) is 4.99 Å². The van der Waals surface area contributed by atoms with Gasteiger partial charge in [0.15, 0.2) is 5.78 Å². The second-order valence-electron chi connectivity index (χ2n) is 3.85. The van der Waals surface area contributed by atoms with E-state index in [9.17, 15) is 9.59 Å². The third-order valence-electron chi connectivity index (χ3n) is 1.94. The molecule has 0 saturated carbocycles. The number of hydrogen-bond acceptors (Lipinski definition) is 4. The number of rotatable bonds is 4. The van der Waals surface area contributed by atoms with E-state index in [1.165, 1.54) is 6.92 Å². The van der Waals surface area contributed by atoms with Gasteiger partial charge in [-0.15, -0.1) is 0 Å². The van der Waals surface area contributed by atoms with Gasteiger partial charge in [-0.25, -0.2) is 9.79 Å². The van der Waals surface area contributed by atoms with Gasteiger partial charge < -0.3 is 4.74 Å². The molecule has 0 aromatic heterocycles. The van der Waals surface area contributed by atoms with E-state index in [1.54, 1.807) is 38.1 Å². The first-order chi connectivity index (χ1) is 7.99. The summed E-state index contributed by atoms with van der Waals surface area (Å²) in [4.78, 5) is 26.2. The molecule has 0 atom stereocenters. The van der Waals surface area contributed by atoms with Crippen LogP contribution in [-0.4, -0.2) is 24.1 Å². The van der Waals surface area contributed by atoms with Crippen molar-refractivity contribution in [2.75, 3.05) is 0 Å². The van der Waals surface area contributed by atoms with Gasteiger partial charge in [0, 0.05) is 5.56 Å². The molecular formula is C13H15NO3. The van der Waals surface area contributed by atoms with Crippen LogP contribution in [0.15, 0.2) is 29.3 Å². The third-order valence-corrected chi connectivity index (χ3v) is 1.94. The molecule has 4 nitrogen and oxygen atoms in total. The van der Waals surface area contributed by atoms with Gasteiger partial charge in [-0.05, 0) is 45.0 Å². The largest absolute Gasteiger partial charge is 0.459 e. The highest BCUT2D eigenvalue weighted by atomic mass is 16.5. The van der Waals surface area contributed by atoms with Crippen molar-refractivity contribution in [1.82, 2.24) is 0 Å². The first kappa shape index (κ1) is 13.1. The Bertz CT molecular complexity index is 432. The van der Waals surface area contributed by atoms with Gasteiger partial charge >= 0.3 is 5.97 Å². The standard InChI is InChI=1S/C13H15NO3/c1-9(2)17-13(16)8-14-12-6-4-11(5-7-12)10(3)15/h4-9H,1-3H3. The predicted molar refractivity (Wildman–Crippen MR) is 65.8 cm³/mol. The van der Waals surface area contributed by atoms with Gasteiger partial charge in [0.25, 0.3) is 0 Å². The van der Waals surface area contributed by atoms with Crippen molar-refractivity contribution in [2.24, 2.45) is 4.99 Å². The summed E-state index contributed by atoms with van der Waals surface area (Å²) in [6.07, 6.45) is 0.969. The normalized spacial score (nSPS) is 10.8. The van der Waals surface area contributed by atoms with Crippen LogP contribution >= 0.6 is 0 Å². The lowest BCUT2D eigenvalue weighted by molar-refractivity contribution is -0.138. The fourth-order valence-electron chi connectivity index (χ4n) is 1.17. The lowest BCUT2D eigenvalue weighted by atomic mass is 10.1. The number of esters is 1. The quantitative estimate of drug-likeness (QED) is 0.456. The molecule has 90 valence electrons. The molecule has 17 heavy (non-hydrogen) atoms. The van der Waals surface area contributed by atoms with Crippen LogP contribution in [0.4, 0.5) is 5.69 Å². The Morgan fingerprint density at radius 2 is 1.82 bits per heavy atom. The van der Waals surface area contributed by atoms with E-state index in [4.69, 9.17) is 4.74 Å². The summed E-state index contributed by atoms with van der Waals surface area (Å²) in [6, 6.07) is 6.69. The molecule has 0 saturated heterocycles. The maximum absolute atomic E-state index is 11.2. The van der Waals surface area contributed by atoms with Crippen molar-refractivity contribution in [3.8, 4) is 0 Å². The number of aliphatic imine (C=N–C) groups is 1. The first-order valence-electron chi connectivity index (χ1n) is 5.34. The molecule has 1 aromatic rings. The van der Waals surface area contributed by atoms with Gasteiger partial charge in [0.1, 0.15) is 6.21 Å². The highest BCUT2D eigenvalue weighted by molar-refractivity contribution is 6.23. The van der Waals surface area contributed by atoms with Crippen LogP contribution in [0.5, 0.6) is 0 Å². The monoisotopic (exact) mass is 233 g/mol. The number of hydrogen-bond donors (Lipinski definition) is 0. The smallest absolute Gasteiger partial charge is 0.349 e. The highest BCUT2D eigenvalue weighted by Crippen LogP contribution is 2.12. The Labute approximate surface area is 100 Å². The summed E-state index contributed by atoms with van der Waals surface area (Å²) in [5, 5.41) is 0. The second-order valence-corrected chi connectivity index (χ2v) is 3.85. The molecule has 0 aliphatic heterocycles. The predicted octanol–water partition coefficient (Wildman–Crippen LogP) is 2.54. The molecule has 0 aliphatic carbocycles. The molecule has 0 fully saturated rings. The molecule has 0 heterocycles. The zero-order chi connectivity index (χ0) is 12.8. The third kappa shape index (κ3) is 4.59. The zero-order valence-electron chi connectivity index (χ0n) is 10.1. The first-order valence-corrected chi connectivity index (χ1v) is 5.34. The Kier molecular flexibility index (Phi) is 4.57. The van der Waals surface area contributed by atoms with Crippen molar-refractivity contribution in [3.63, 3.8) is 0 Å². The van der Waals surface area contributed by atoms with Crippen molar-refractivity contribution in [1.29, 1.82) is 0 Å². The maximum Gasteiger partial charge on any atom is 0.349 e. The Balaban J connectivity index is 2.66. The molecule has 0 spiro atoms. The molecule has 4 heteroatoms. The molecule has 0 aliphatic rings. The van der Waals surface area contributed by atoms with Crippen molar-refractivity contribution in [3.05, 3.63) is 29.8 Å². The molecular weight excluding hydrogens is 218 g/mol. The number of ether oxygens (including phenoxy) is 1. The molecule has 0 bridgehead atoms. The van der Waals surface area contributed by atoms with Crippen molar-refractivity contribution in [2.45, 2.75) is 26.9 Å². The van der Waals surface area contributed by atoms with Crippen LogP contribution in [0.1, 0.15) is 31.1 Å². The molecule has 0 amide bonds. The summed E-state index contributed by atoms with van der Waals surface area (Å²) >= 11 is 0. The number of ketones is 1. The van der Waals surface area contributed by atoms with Gasteiger partial charge in [0.05, 0.1) is 11.8 Å². The van der Waals surface area contributed by atoms with Crippen molar-refractivity contribution < 1.29 is 14.3 Å². The average Bonchev–Trinajstić information content (AvgIpc) is 2.26. The van der Waals surface area contributed by atoms with Crippen LogP contribution < -0.4 is 0 Å². The molecule has 1 rings (SSSR count). The topological polar surface area (TPSA) is 55.7 Å². The van der Waals surface area contributed by atoms with E-state index in [1.807, 2.05) is 0 Å². The zero-order valence-corrected chi connectivity index (χ0v) is 10.1. The number of Topliss-reactive ketones (excluding diaryl/α,β-unsaturated/α-hetero) is 1. The maximum atomic E-state index is 11.2. The van der Waals surface area contributed by atoms with E-state index in [0.717, 1.165) is 6.21 Å². The van der Waals surface area contributed by atoms with Gasteiger partial charge in [-0.2, -0.15) is 0 Å². The fraction of sp³-hybridized carbons (Fsp3) is 0.308. The van der Waals surface area contributed by atoms with E-state index < -0.39 is 5.97 Å². The number of nitrogens with zero attached hydrogens (tertiary/aromatic N) is 1. The lowest BCUT2D eigenvalue weighted by Gasteiger charge is -2.03. The lowest BCUT2D eigenvalue weighted by Crippen LogP contribution is -2.11. The minimum atomic E-state index is -0.476. The summed E-state index contributed by atoms with van der Waals surface area (Å²) in [5.41, 5.74) is 1.23. The van der Waals surface area contributed by atoms with Crippen LogP contribution in [-0.2, 0) is 9.53 Å². The van der Waals surface area contributed by atoms with E-state index in [-0.39, 0.29) is 11.9 Å². The van der Waals surface area contributed by atoms with Crippen molar-refractivity contribution >= 4 is 23.7 Å². The summed E-state index contributed by atoms with van der Waals surface area (Å²) in [7, 11) is 0. The van der Waals surface area contributed by atoms with Gasteiger partial charge in [-0.3, -0.25) is 4.79 Å². The summed E-state index contributed by atoms with van der Waals surface area (Å²) in [5.74, 6) is -0.476. The fourth-order valence-corrected chi connectivity index (χ4v) is 1.17. The highest BCUT2D eigenvalue weighted by Gasteiger charge is 2.01. The minimum absolute atomic E-state index is 0.000234. The van der Waals surface area contributed by atoms with Crippen LogP contribution in [0.3, 0.4) is 0 Å². The SMILES string of the molecule is CC(=O)c1ccc(N=CC(=O)OC(C)C)cc1. The summed E-state index contributed by atoms with van der Waals surface area (Å²) < 4.78 is 4.89. The molecule has 1 aromatic carbocycles. The van der Waals surface area contributed by atoms with Crippen LogP contribution in [0.2, 0.25) is 0 Å². The Hall–Kier alpha value is -1.97. The Morgan fingerprint density at radius 1 is 1.24 bits per heavy atom. The van der Waals surface area contributed by atoms with Gasteiger partial charge in [0.2, 0.25) is 0 Å². The minimum Gasteiger partial charge on any atom is -0.459 e. The van der Waals surface area contributed by atoms with Gasteiger partial charge in [-0.1, -0.05) is 0 Å². The molecule has 0 radical (unpaired) electrons. The van der Waals surface area contributed by atoms with Crippen LogP contribution in [0, 0.1) is 0 Å². The second kappa shape index (κ2) is 5.94.